The van der Waals surface area contributed by atoms with Crippen LogP contribution < -0.4 is 0 Å². The molecular formula is C7H11F3O. The molecule has 66 valence electrons. The number of rotatable bonds is 6. The predicted octanol–water partition coefficient (Wildman–Crippen LogP) is 2.00. The molecule has 1 nitrogen and oxygen atoms in total. The van der Waals surface area contributed by atoms with Gasteiger partial charge in [0.1, 0.15) is 6.17 Å². The number of alkyl halides is 3. The average Bonchev–Trinajstić information content (AvgIpc) is 2.03. The van der Waals surface area contributed by atoms with Crippen LogP contribution in [0, 0.1) is 0 Å². The van der Waals surface area contributed by atoms with E-state index in [0.29, 0.717) is 0 Å². The molecule has 0 aliphatic carbocycles. The van der Waals surface area contributed by atoms with Crippen LogP contribution in [0.1, 0.15) is 19.3 Å². The predicted molar refractivity (Wildman–Crippen MR) is 35.7 cm³/mol. The third-order valence-corrected chi connectivity index (χ3v) is 1.34. The van der Waals surface area contributed by atoms with E-state index in [1.807, 2.05) is 0 Å². The number of halogens is 3. The monoisotopic (exact) mass is 168 g/mol. The van der Waals surface area contributed by atoms with Gasteiger partial charge in [0.25, 0.3) is 0 Å². The van der Waals surface area contributed by atoms with E-state index < -0.39 is 19.0 Å². The zero-order valence-electron chi connectivity index (χ0n) is 6.10. The number of hydrogen-bond acceptors (Lipinski definition) is 1. The number of hydrogen-bond donors (Lipinski definition) is 0. The molecule has 0 N–H and O–H groups in total. The topological polar surface area (TPSA) is 17.1 Å². The normalized spacial score (nSPS) is 15.9. The summed E-state index contributed by atoms with van der Waals surface area (Å²) in [5.41, 5.74) is 0. The molecule has 0 aromatic heterocycles. The minimum absolute atomic E-state index is 0.0693. The Morgan fingerprint density at radius 2 is 1.91 bits per heavy atom. The highest BCUT2D eigenvalue weighted by Crippen LogP contribution is 2.10. The number of unbranched alkanes of at least 4 members (excludes halogenated alkanes) is 1. The van der Waals surface area contributed by atoms with Crippen LogP contribution in [-0.2, 0) is 4.79 Å². The molecule has 2 unspecified atom stereocenters. The van der Waals surface area contributed by atoms with Gasteiger partial charge in [0.2, 0.25) is 0 Å². The summed E-state index contributed by atoms with van der Waals surface area (Å²) in [6.07, 6.45) is -3.45. The summed E-state index contributed by atoms with van der Waals surface area (Å²) in [5, 5.41) is 0. The Hall–Kier alpha value is -0.540. The Morgan fingerprint density at radius 3 is 2.36 bits per heavy atom. The van der Waals surface area contributed by atoms with Crippen LogP contribution in [0.3, 0.4) is 0 Å². The van der Waals surface area contributed by atoms with E-state index in [1.165, 1.54) is 0 Å². The summed E-state index contributed by atoms with van der Waals surface area (Å²) in [7, 11) is 0. The molecule has 0 aromatic rings. The van der Waals surface area contributed by atoms with E-state index in [9.17, 15) is 18.0 Å². The van der Waals surface area contributed by atoms with Gasteiger partial charge < -0.3 is 0 Å². The van der Waals surface area contributed by atoms with E-state index in [4.69, 9.17) is 0 Å². The van der Waals surface area contributed by atoms with Crippen LogP contribution in [0.5, 0.6) is 0 Å². The Kier molecular flexibility index (Phi) is 5.88. The molecule has 0 rings (SSSR count). The van der Waals surface area contributed by atoms with Gasteiger partial charge in [-0.25, -0.2) is 8.78 Å². The molecule has 0 aliphatic rings. The van der Waals surface area contributed by atoms with Gasteiger partial charge in [-0.1, -0.05) is 0 Å². The zero-order chi connectivity index (χ0) is 8.69. The maximum atomic E-state index is 12.4. The van der Waals surface area contributed by atoms with Crippen molar-refractivity contribution in [2.24, 2.45) is 0 Å². The fourth-order valence-electron chi connectivity index (χ4n) is 0.678. The number of aldehydes is 1. The van der Waals surface area contributed by atoms with Crippen molar-refractivity contribution in [3.8, 4) is 0 Å². The van der Waals surface area contributed by atoms with Crippen LogP contribution in [0.2, 0.25) is 0 Å². The number of carbonyl (C=O) groups excluding carboxylic acids is 1. The largest absolute Gasteiger partial charge is 0.300 e. The van der Waals surface area contributed by atoms with Gasteiger partial charge in [-0.15, -0.1) is 0 Å². The quantitative estimate of drug-likeness (QED) is 0.438. The van der Waals surface area contributed by atoms with Gasteiger partial charge in [0.05, 0.1) is 6.67 Å². The van der Waals surface area contributed by atoms with Crippen molar-refractivity contribution in [1.82, 2.24) is 0 Å². The molecule has 0 aromatic carbocycles. The molecule has 0 amide bonds. The van der Waals surface area contributed by atoms with Crippen molar-refractivity contribution in [1.29, 1.82) is 0 Å². The lowest BCUT2D eigenvalue weighted by molar-refractivity contribution is -0.114. The van der Waals surface area contributed by atoms with Gasteiger partial charge >= 0.3 is 0 Å². The van der Waals surface area contributed by atoms with Gasteiger partial charge in [-0.3, -0.25) is 9.18 Å². The van der Waals surface area contributed by atoms with Crippen LogP contribution in [0.25, 0.3) is 0 Å². The molecular weight excluding hydrogens is 157 g/mol. The molecule has 0 heterocycles. The van der Waals surface area contributed by atoms with Gasteiger partial charge in [0.15, 0.2) is 12.5 Å². The van der Waals surface area contributed by atoms with Crippen LogP contribution in [0.15, 0.2) is 0 Å². The minimum atomic E-state index is -2.05. The summed E-state index contributed by atoms with van der Waals surface area (Å²) in [6, 6.07) is 0. The first-order valence-corrected chi connectivity index (χ1v) is 3.51. The summed E-state index contributed by atoms with van der Waals surface area (Å²) < 4.78 is 35.9. The summed E-state index contributed by atoms with van der Waals surface area (Å²) in [6.45, 7) is -0.523. The standard InChI is InChI=1S/C7H11F3O/c8-4-2-1-3-6(9)7(10)5-11/h5-7H,1-4H2. The average molecular weight is 168 g/mol. The molecule has 0 saturated carbocycles. The maximum absolute atomic E-state index is 12.4. The van der Waals surface area contributed by atoms with Gasteiger partial charge in [-0.2, -0.15) is 0 Å². The summed E-state index contributed by atoms with van der Waals surface area (Å²) in [5.74, 6) is 0. The first-order valence-electron chi connectivity index (χ1n) is 3.51. The molecule has 4 heteroatoms. The lowest BCUT2D eigenvalue weighted by Gasteiger charge is -2.05. The fourth-order valence-corrected chi connectivity index (χ4v) is 0.678. The molecule has 0 bridgehead atoms. The molecule has 11 heavy (non-hydrogen) atoms. The Labute approximate surface area is 63.6 Å². The van der Waals surface area contributed by atoms with Crippen molar-refractivity contribution >= 4 is 6.29 Å². The highest BCUT2D eigenvalue weighted by molar-refractivity contribution is 5.56. The maximum Gasteiger partial charge on any atom is 0.186 e. The third kappa shape index (κ3) is 4.81. The first kappa shape index (κ1) is 10.5. The fraction of sp³-hybridized carbons (Fsp3) is 0.857. The molecule has 0 spiro atoms. The Balaban J connectivity index is 3.35. The van der Waals surface area contributed by atoms with E-state index in [0.717, 1.165) is 0 Å². The van der Waals surface area contributed by atoms with Crippen LogP contribution in [-0.4, -0.2) is 25.3 Å². The lowest BCUT2D eigenvalue weighted by Crippen LogP contribution is -2.18. The molecule has 0 radical (unpaired) electrons. The van der Waals surface area contributed by atoms with Crippen LogP contribution >= 0.6 is 0 Å². The minimum Gasteiger partial charge on any atom is -0.300 e. The Bertz CT molecular complexity index is 108. The second-order valence-electron chi connectivity index (χ2n) is 2.28. The highest BCUT2D eigenvalue weighted by Gasteiger charge is 2.18. The van der Waals surface area contributed by atoms with E-state index in [1.54, 1.807) is 0 Å². The molecule has 0 saturated heterocycles. The van der Waals surface area contributed by atoms with E-state index >= 15 is 0 Å². The smallest absolute Gasteiger partial charge is 0.186 e. The lowest BCUT2D eigenvalue weighted by atomic mass is 10.1. The SMILES string of the molecule is O=CC(F)C(F)CCCCF. The molecule has 0 aliphatic heterocycles. The van der Waals surface area contributed by atoms with Crippen molar-refractivity contribution in [2.45, 2.75) is 31.6 Å². The van der Waals surface area contributed by atoms with Gasteiger partial charge in [0, 0.05) is 0 Å². The van der Waals surface area contributed by atoms with Gasteiger partial charge in [-0.05, 0) is 19.3 Å². The summed E-state index contributed by atoms with van der Waals surface area (Å²) >= 11 is 0. The Morgan fingerprint density at radius 1 is 1.27 bits per heavy atom. The number of carbonyl (C=O) groups is 1. The second-order valence-corrected chi connectivity index (χ2v) is 2.28. The first-order chi connectivity index (χ1) is 5.22. The van der Waals surface area contributed by atoms with Crippen molar-refractivity contribution < 1.29 is 18.0 Å². The van der Waals surface area contributed by atoms with Crippen molar-refractivity contribution in [3.05, 3.63) is 0 Å². The van der Waals surface area contributed by atoms with E-state index in [-0.39, 0.29) is 25.5 Å². The second kappa shape index (κ2) is 6.19. The third-order valence-electron chi connectivity index (χ3n) is 1.34. The summed E-state index contributed by atoms with van der Waals surface area (Å²) in [4.78, 5) is 9.69. The molecule has 2 atom stereocenters. The van der Waals surface area contributed by atoms with Crippen molar-refractivity contribution in [2.75, 3.05) is 6.67 Å². The van der Waals surface area contributed by atoms with E-state index in [2.05, 4.69) is 0 Å². The zero-order valence-corrected chi connectivity index (χ0v) is 6.10. The van der Waals surface area contributed by atoms with Crippen LogP contribution in [0.4, 0.5) is 13.2 Å². The highest BCUT2D eigenvalue weighted by atomic mass is 19.2. The molecule has 0 fully saturated rings. The van der Waals surface area contributed by atoms with Crippen molar-refractivity contribution in [3.63, 3.8) is 0 Å².